The minimum absolute atomic E-state index is 0.223. The van der Waals surface area contributed by atoms with E-state index in [1.807, 2.05) is 24.3 Å². The molecule has 17 heavy (non-hydrogen) atoms. The maximum Gasteiger partial charge on any atom is 0.111 e. The second-order valence-electron chi connectivity index (χ2n) is 3.92. The van der Waals surface area contributed by atoms with Gasteiger partial charge in [0.2, 0.25) is 0 Å². The van der Waals surface area contributed by atoms with Gasteiger partial charge in [0.25, 0.3) is 0 Å². The fourth-order valence-corrected chi connectivity index (χ4v) is 1.87. The molecule has 1 aliphatic heterocycles. The molecule has 4 nitrogen and oxygen atoms in total. The van der Waals surface area contributed by atoms with Crippen LogP contribution in [0.2, 0.25) is 0 Å². The number of nitrogens with zero attached hydrogens (tertiary/aromatic N) is 2. The van der Waals surface area contributed by atoms with E-state index in [2.05, 4.69) is 21.4 Å². The zero-order valence-electron chi connectivity index (χ0n) is 9.17. The molecule has 0 bridgehead atoms. The van der Waals surface area contributed by atoms with E-state index in [1.54, 1.807) is 18.6 Å². The molecule has 2 heterocycles. The highest BCUT2D eigenvalue weighted by Gasteiger charge is 2.08. The number of rotatable bonds is 1. The van der Waals surface area contributed by atoms with Crippen molar-refractivity contribution in [2.45, 2.75) is 6.17 Å². The lowest BCUT2D eigenvalue weighted by Crippen LogP contribution is -2.39. The van der Waals surface area contributed by atoms with E-state index >= 15 is 0 Å². The first-order chi connectivity index (χ1) is 8.33. The van der Waals surface area contributed by atoms with E-state index in [4.69, 9.17) is 5.73 Å². The molecule has 3 N–H and O–H groups in total. The smallest absolute Gasteiger partial charge is 0.111 e. The molecule has 0 unspecified atom stereocenters. The van der Waals surface area contributed by atoms with Crippen LogP contribution in [0.3, 0.4) is 0 Å². The summed E-state index contributed by atoms with van der Waals surface area (Å²) in [5.41, 5.74) is 8.75. The van der Waals surface area contributed by atoms with Crippen LogP contribution in [0.15, 0.2) is 47.7 Å². The topological polar surface area (TPSA) is 63.3 Å². The molecule has 1 aliphatic rings. The summed E-state index contributed by atoms with van der Waals surface area (Å²) in [5, 5.41) is 4.27. The van der Waals surface area contributed by atoms with Crippen molar-refractivity contribution in [3.63, 3.8) is 0 Å². The molecule has 1 aromatic carbocycles. The van der Waals surface area contributed by atoms with Gasteiger partial charge in [-0.15, -0.1) is 0 Å². The zero-order chi connectivity index (χ0) is 11.7. The van der Waals surface area contributed by atoms with E-state index in [1.165, 1.54) is 0 Å². The van der Waals surface area contributed by atoms with Crippen LogP contribution in [0.25, 0.3) is 16.6 Å². The lowest BCUT2D eigenvalue weighted by Gasteiger charge is -2.17. The molecular weight excluding hydrogens is 212 g/mol. The number of nitrogens with one attached hydrogen (secondary N) is 1. The number of fused-ring (bicyclic) bond motifs is 1. The summed E-state index contributed by atoms with van der Waals surface area (Å²) in [5.74, 6) is 0. The van der Waals surface area contributed by atoms with Crippen molar-refractivity contribution in [3.05, 3.63) is 48.3 Å². The first kappa shape index (κ1) is 9.99. The Balaban J connectivity index is 2.06. The Kier molecular flexibility index (Phi) is 2.34. The Morgan fingerprint density at radius 1 is 1.24 bits per heavy atom. The van der Waals surface area contributed by atoms with Crippen LogP contribution < -0.4 is 11.1 Å². The van der Waals surface area contributed by atoms with Gasteiger partial charge < -0.3 is 11.1 Å². The van der Waals surface area contributed by atoms with Crippen molar-refractivity contribution < 1.29 is 0 Å². The van der Waals surface area contributed by atoms with Gasteiger partial charge in [-0.25, -0.2) is 0 Å². The van der Waals surface area contributed by atoms with E-state index in [0.29, 0.717) is 0 Å². The number of hydrogen-bond donors (Lipinski definition) is 2. The average Bonchev–Trinajstić information content (AvgIpc) is 2.38. The Morgan fingerprint density at radius 2 is 2.18 bits per heavy atom. The molecule has 4 heteroatoms. The van der Waals surface area contributed by atoms with Crippen LogP contribution in [0.4, 0.5) is 0 Å². The second-order valence-corrected chi connectivity index (χ2v) is 3.92. The summed E-state index contributed by atoms with van der Waals surface area (Å²) in [6.07, 6.45) is 5.02. The number of hydrogen-bond acceptors (Lipinski definition) is 4. The predicted molar refractivity (Wildman–Crippen MR) is 69.3 cm³/mol. The van der Waals surface area contributed by atoms with Crippen molar-refractivity contribution in [2.75, 3.05) is 0 Å². The fraction of sp³-hybridized carbons (Fsp3) is 0.0769. The highest BCUT2D eigenvalue weighted by Crippen LogP contribution is 2.19. The number of aromatic nitrogens is 1. The van der Waals surface area contributed by atoms with Gasteiger partial charge in [0.1, 0.15) is 6.17 Å². The Labute approximate surface area is 98.9 Å². The Morgan fingerprint density at radius 3 is 3.06 bits per heavy atom. The first-order valence-electron chi connectivity index (χ1n) is 5.44. The number of aliphatic imine (C=N–C) groups is 1. The summed E-state index contributed by atoms with van der Waals surface area (Å²) in [4.78, 5) is 8.39. The molecule has 0 saturated heterocycles. The van der Waals surface area contributed by atoms with Crippen molar-refractivity contribution in [1.82, 2.24) is 10.3 Å². The molecule has 84 valence electrons. The summed E-state index contributed by atoms with van der Waals surface area (Å²) in [7, 11) is 0. The predicted octanol–water partition coefficient (Wildman–Crippen LogP) is 1.49. The third kappa shape index (κ3) is 1.90. The van der Waals surface area contributed by atoms with Gasteiger partial charge >= 0.3 is 0 Å². The average molecular weight is 224 g/mol. The van der Waals surface area contributed by atoms with Gasteiger partial charge in [-0.2, -0.15) is 0 Å². The Hall–Kier alpha value is -2.20. The molecule has 1 aromatic heterocycles. The van der Waals surface area contributed by atoms with Crippen LogP contribution in [-0.2, 0) is 0 Å². The summed E-state index contributed by atoms with van der Waals surface area (Å²) in [6.45, 7) is 0. The normalized spacial score (nSPS) is 18.9. The van der Waals surface area contributed by atoms with Gasteiger partial charge in [0.05, 0.1) is 17.4 Å². The quantitative estimate of drug-likeness (QED) is 0.771. The van der Waals surface area contributed by atoms with E-state index in [9.17, 15) is 0 Å². The van der Waals surface area contributed by atoms with Crippen LogP contribution in [0.5, 0.6) is 0 Å². The molecule has 0 radical (unpaired) electrons. The Bertz CT molecular complexity index is 616. The van der Waals surface area contributed by atoms with Crippen molar-refractivity contribution in [2.24, 2.45) is 10.7 Å². The van der Waals surface area contributed by atoms with Gasteiger partial charge in [-0.1, -0.05) is 12.1 Å². The molecule has 3 rings (SSSR count). The molecular formula is C13H12N4. The van der Waals surface area contributed by atoms with Crippen LogP contribution in [-0.4, -0.2) is 17.4 Å². The minimum atomic E-state index is -0.223. The van der Waals surface area contributed by atoms with Crippen LogP contribution in [0.1, 0.15) is 5.56 Å². The molecule has 0 aliphatic carbocycles. The van der Waals surface area contributed by atoms with E-state index in [-0.39, 0.29) is 6.17 Å². The largest absolute Gasteiger partial charge is 0.364 e. The molecule has 0 spiro atoms. The molecule has 0 amide bonds. The third-order valence-corrected chi connectivity index (χ3v) is 2.69. The van der Waals surface area contributed by atoms with Crippen molar-refractivity contribution >= 4 is 22.8 Å². The van der Waals surface area contributed by atoms with Gasteiger partial charge in [0.15, 0.2) is 0 Å². The molecule has 0 fully saturated rings. The van der Waals surface area contributed by atoms with Crippen LogP contribution in [0, 0.1) is 0 Å². The third-order valence-electron chi connectivity index (χ3n) is 2.69. The highest BCUT2D eigenvalue weighted by molar-refractivity contribution is 5.84. The monoisotopic (exact) mass is 224 g/mol. The van der Waals surface area contributed by atoms with E-state index < -0.39 is 0 Å². The van der Waals surface area contributed by atoms with E-state index in [0.717, 1.165) is 22.2 Å². The van der Waals surface area contributed by atoms with Crippen molar-refractivity contribution in [3.8, 4) is 0 Å². The summed E-state index contributed by atoms with van der Waals surface area (Å²) in [6, 6.07) is 10.1. The zero-order valence-corrected chi connectivity index (χ0v) is 9.17. The number of nitrogens with two attached hydrogens (primary N) is 1. The maximum absolute atomic E-state index is 5.76. The molecule has 0 saturated carbocycles. The van der Waals surface area contributed by atoms with Crippen molar-refractivity contribution in [1.29, 1.82) is 0 Å². The van der Waals surface area contributed by atoms with Gasteiger partial charge in [-0.3, -0.25) is 9.98 Å². The fourth-order valence-electron chi connectivity index (χ4n) is 1.87. The maximum atomic E-state index is 5.76. The summed E-state index contributed by atoms with van der Waals surface area (Å²) >= 11 is 0. The first-order valence-corrected chi connectivity index (χ1v) is 5.44. The van der Waals surface area contributed by atoms with Crippen LogP contribution >= 0.6 is 0 Å². The molecule has 1 atom stereocenters. The minimum Gasteiger partial charge on any atom is -0.364 e. The number of pyridine rings is 1. The van der Waals surface area contributed by atoms with Gasteiger partial charge in [0, 0.05) is 17.8 Å². The van der Waals surface area contributed by atoms with Gasteiger partial charge in [-0.05, 0) is 23.8 Å². The SMILES string of the molecule is N[C@H]1C=NC=C(c2ccc3ncccc3c2)N1. The lowest BCUT2D eigenvalue weighted by atomic mass is 10.1. The second kappa shape index (κ2) is 3.99. The summed E-state index contributed by atoms with van der Waals surface area (Å²) < 4.78 is 0. The standard InChI is InChI=1S/C13H12N4/c14-13-8-15-7-12(17-13)10-3-4-11-9(6-10)2-1-5-16-11/h1-8,13,17H,14H2/t13-/m1/s1. The molecule has 2 aromatic rings. The highest BCUT2D eigenvalue weighted by atomic mass is 15.1. The number of benzene rings is 1. The lowest BCUT2D eigenvalue weighted by molar-refractivity contribution is 0.791.